The molecule has 0 radical (unpaired) electrons. The molecule has 0 saturated heterocycles. The fourth-order valence-electron chi connectivity index (χ4n) is 1.57. The van der Waals surface area contributed by atoms with Gasteiger partial charge in [-0.25, -0.2) is 10.8 Å². The van der Waals surface area contributed by atoms with Gasteiger partial charge in [0.1, 0.15) is 5.82 Å². The Morgan fingerprint density at radius 3 is 2.53 bits per heavy atom. The normalized spacial score (nSPS) is 10.1. The van der Waals surface area contributed by atoms with E-state index in [2.05, 4.69) is 15.4 Å². The molecule has 0 saturated carbocycles. The third-order valence-electron chi connectivity index (χ3n) is 2.46. The van der Waals surface area contributed by atoms with Crippen LogP contribution in [0.25, 0.3) is 0 Å². The van der Waals surface area contributed by atoms with Crippen molar-refractivity contribution in [3.63, 3.8) is 0 Å². The highest BCUT2D eigenvalue weighted by Gasteiger charge is 2.07. The molecule has 0 unspecified atom stereocenters. The van der Waals surface area contributed by atoms with Gasteiger partial charge in [0.2, 0.25) is 5.95 Å². The summed E-state index contributed by atoms with van der Waals surface area (Å²) in [4.78, 5) is 10.4. The largest absolute Gasteiger partial charge is 0.329 e. The molecule has 0 fully saturated rings. The minimum atomic E-state index is 0.419. The van der Waals surface area contributed by atoms with Gasteiger partial charge in [0.05, 0.1) is 0 Å². The van der Waals surface area contributed by atoms with Crippen molar-refractivity contribution in [3.8, 4) is 0 Å². The molecule has 88 valence electrons. The van der Waals surface area contributed by atoms with E-state index in [4.69, 9.17) is 5.84 Å². The van der Waals surface area contributed by atoms with Crippen LogP contribution in [0.1, 0.15) is 5.69 Å². The van der Waals surface area contributed by atoms with Gasteiger partial charge in [-0.05, 0) is 19.1 Å². The van der Waals surface area contributed by atoms with Crippen molar-refractivity contribution in [2.24, 2.45) is 5.84 Å². The summed E-state index contributed by atoms with van der Waals surface area (Å²) in [6.07, 6.45) is 0. The summed E-state index contributed by atoms with van der Waals surface area (Å²) in [6.45, 7) is 1.91. The van der Waals surface area contributed by atoms with Gasteiger partial charge >= 0.3 is 0 Å². The van der Waals surface area contributed by atoms with Gasteiger partial charge in [-0.1, -0.05) is 18.2 Å². The second kappa shape index (κ2) is 4.80. The first-order valence-electron chi connectivity index (χ1n) is 5.32. The number of nitrogens with two attached hydrogens (primary N) is 1. The average molecular weight is 229 g/mol. The lowest BCUT2D eigenvalue weighted by atomic mass is 10.3. The van der Waals surface area contributed by atoms with E-state index >= 15 is 0 Å². The van der Waals surface area contributed by atoms with Gasteiger partial charge in [0.25, 0.3) is 0 Å². The first kappa shape index (κ1) is 11.3. The first-order chi connectivity index (χ1) is 8.20. The number of aromatic nitrogens is 2. The highest BCUT2D eigenvalue weighted by molar-refractivity contribution is 5.60. The van der Waals surface area contributed by atoms with E-state index in [-0.39, 0.29) is 0 Å². The summed E-state index contributed by atoms with van der Waals surface area (Å²) in [6, 6.07) is 11.9. The molecule has 0 amide bonds. The molecule has 1 aromatic heterocycles. The average Bonchev–Trinajstić information content (AvgIpc) is 2.38. The van der Waals surface area contributed by atoms with Crippen LogP contribution in [0.15, 0.2) is 36.4 Å². The second-order valence-electron chi connectivity index (χ2n) is 3.73. The molecule has 2 aromatic rings. The van der Waals surface area contributed by atoms with Crippen molar-refractivity contribution in [2.45, 2.75) is 6.92 Å². The van der Waals surface area contributed by atoms with Crippen LogP contribution in [0.5, 0.6) is 0 Å². The fourth-order valence-corrected chi connectivity index (χ4v) is 1.57. The summed E-state index contributed by atoms with van der Waals surface area (Å²) >= 11 is 0. The van der Waals surface area contributed by atoms with E-state index in [1.165, 1.54) is 0 Å². The predicted octanol–water partition coefficient (Wildman–Crippen LogP) is 1.84. The van der Waals surface area contributed by atoms with Crippen molar-refractivity contribution in [1.82, 2.24) is 9.97 Å². The van der Waals surface area contributed by atoms with Crippen LogP contribution in [0.2, 0.25) is 0 Å². The van der Waals surface area contributed by atoms with E-state index in [1.54, 1.807) is 0 Å². The molecule has 1 heterocycles. The summed E-state index contributed by atoms with van der Waals surface area (Å²) in [7, 11) is 1.96. The third-order valence-corrected chi connectivity index (χ3v) is 2.46. The summed E-state index contributed by atoms with van der Waals surface area (Å²) in [5, 5.41) is 0. The Hall–Kier alpha value is -2.14. The number of nitrogens with zero attached hydrogens (tertiary/aromatic N) is 3. The van der Waals surface area contributed by atoms with Crippen molar-refractivity contribution in [3.05, 3.63) is 42.1 Å². The summed E-state index contributed by atoms with van der Waals surface area (Å²) in [5.74, 6) is 6.55. The van der Waals surface area contributed by atoms with Crippen molar-refractivity contribution in [2.75, 3.05) is 17.4 Å². The number of para-hydroxylation sites is 1. The van der Waals surface area contributed by atoms with Crippen LogP contribution in [0, 0.1) is 6.92 Å². The molecule has 0 aliphatic rings. The number of nitrogen functional groups attached to an aromatic ring is 1. The fraction of sp³-hybridized carbons (Fsp3) is 0.167. The number of anilines is 3. The SMILES string of the molecule is Cc1cc(N(C)c2ccccc2)nc(NN)n1. The number of hydrogen-bond acceptors (Lipinski definition) is 5. The Morgan fingerprint density at radius 1 is 1.18 bits per heavy atom. The predicted molar refractivity (Wildman–Crippen MR) is 69.1 cm³/mol. The molecular weight excluding hydrogens is 214 g/mol. The molecule has 0 aliphatic carbocycles. The van der Waals surface area contributed by atoms with Gasteiger partial charge in [0, 0.05) is 24.5 Å². The van der Waals surface area contributed by atoms with E-state index in [1.807, 2.05) is 55.3 Å². The summed E-state index contributed by atoms with van der Waals surface area (Å²) < 4.78 is 0. The Labute approximate surface area is 100 Å². The number of aryl methyl sites for hydroxylation is 1. The van der Waals surface area contributed by atoms with E-state index < -0.39 is 0 Å². The molecule has 5 heteroatoms. The Balaban J connectivity index is 2.37. The van der Waals surface area contributed by atoms with Crippen LogP contribution in [0.3, 0.4) is 0 Å². The standard InChI is InChI=1S/C12H15N5/c1-9-8-11(15-12(14-9)16-13)17(2)10-6-4-3-5-7-10/h3-8H,13H2,1-2H3,(H,14,15,16). The third kappa shape index (κ3) is 2.51. The van der Waals surface area contributed by atoms with Gasteiger partial charge in [-0.3, -0.25) is 5.43 Å². The summed E-state index contributed by atoms with van der Waals surface area (Å²) in [5.41, 5.74) is 4.40. The number of nitrogens with one attached hydrogen (secondary N) is 1. The molecule has 0 bridgehead atoms. The maximum atomic E-state index is 5.33. The van der Waals surface area contributed by atoms with Crippen LogP contribution in [-0.4, -0.2) is 17.0 Å². The number of hydrogen-bond donors (Lipinski definition) is 2. The molecule has 3 N–H and O–H groups in total. The molecule has 0 aliphatic heterocycles. The molecule has 2 rings (SSSR count). The van der Waals surface area contributed by atoms with Crippen molar-refractivity contribution >= 4 is 17.5 Å². The van der Waals surface area contributed by atoms with E-state index in [0.29, 0.717) is 5.95 Å². The Kier molecular flexibility index (Phi) is 3.20. The topological polar surface area (TPSA) is 67.1 Å². The first-order valence-corrected chi connectivity index (χ1v) is 5.32. The van der Waals surface area contributed by atoms with Crippen molar-refractivity contribution in [1.29, 1.82) is 0 Å². The Morgan fingerprint density at radius 2 is 1.88 bits per heavy atom. The number of benzene rings is 1. The van der Waals surface area contributed by atoms with E-state index in [0.717, 1.165) is 17.2 Å². The lowest BCUT2D eigenvalue weighted by Gasteiger charge is -2.19. The molecule has 1 aromatic carbocycles. The maximum Gasteiger partial charge on any atom is 0.239 e. The van der Waals surface area contributed by atoms with Gasteiger partial charge in [-0.15, -0.1) is 0 Å². The van der Waals surface area contributed by atoms with Gasteiger partial charge in [-0.2, -0.15) is 4.98 Å². The maximum absolute atomic E-state index is 5.33. The molecule has 0 atom stereocenters. The van der Waals surface area contributed by atoms with Gasteiger partial charge in [0.15, 0.2) is 0 Å². The molecule has 5 nitrogen and oxygen atoms in total. The molecular formula is C12H15N5. The molecule has 0 spiro atoms. The Bertz CT molecular complexity index is 498. The minimum absolute atomic E-state index is 0.419. The van der Waals surface area contributed by atoms with Crippen LogP contribution >= 0.6 is 0 Å². The lowest BCUT2D eigenvalue weighted by molar-refractivity contribution is 1.03. The molecule has 17 heavy (non-hydrogen) atoms. The highest BCUT2D eigenvalue weighted by atomic mass is 15.3. The van der Waals surface area contributed by atoms with Gasteiger partial charge < -0.3 is 4.90 Å². The zero-order valence-corrected chi connectivity index (χ0v) is 9.88. The quantitative estimate of drug-likeness (QED) is 0.621. The monoisotopic (exact) mass is 229 g/mol. The van der Waals surface area contributed by atoms with Crippen LogP contribution in [-0.2, 0) is 0 Å². The number of hydrazine groups is 1. The highest BCUT2D eigenvalue weighted by Crippen LogP contribution is 2.22. The number of rotatable bonds is 3. The smallest absolute Gasteiger partial charge is 0.239 e. The minimum Gasteiger partial charge on any atom is -0.329 e. The van der Waals surface area contributed by atoms with Crippen LogP contribution in [0.4, 0.5) is 17.5 Å². The zero-order valence-electron chi connectivity index (χ0n) is 9.88. The van der Waals surface area contributed by atoms with E-state index in [9.17, 15) is 0 Å². The second-order valence-corrected chi connectivity index (χ2v) is 3.73. The zero-order chi connectivity index (χ0) is 12.3. The lowest BCUT2D eigenvalue weighted by Crippen LogP contribution is -2.16. The van der Waals surface area contributed by atoms with Crippen LogP contribution < -0.4 is 16.2 Å². The van der Waals surface area contributed by atoms with Crippen molar-refractivity contribution < 1.29 is 0 Å².